The normalized spacial score (nSPS) is 10.5. The van der Waals surface area contributed by atoms with Crippen molar-refractivity contribution in [1.82, 2.24) is 10.1 Å². The number of ether oxygens (including phenoxy) is 1. The molecular weight excluding hydrogens is 354 g/mol. The predicted molar refractivity (Wildman–Crippen MR) is 105 cm³/mol. The Morgan fingerprint density at radius 3 is 2.39 bits per heavy atom. The zero-order valence-corrected chi connectivity index (χ0v) is 15.1. The number of hydrogen-bond acceptors (Lipinski definition) is 5. The van der Waals surface area contributed by atoms with E-state index in [9.17, 15) is 4.79 Å². The Morgan fingerprint density at radius 1 is 0.929 bits per heavy atom. The van der Waals surface area contributed by atoms with Gasteiger partial charge in [0, 0.05) is 22.9 Å². The highest BCUT2D eigenvalue weighted by atomic mass is 16.5. The maximum absolute atomic E-state index is 12.5. The van der Waals surface area contributed by atoms with Crippen LogP contribution in [-0.2, 0) is 0 Å². The Kier molecular flexibility index (Phi) is 4.84. The van der Waals surface area contributed by atoms with E-state index in [1.807, 2.05) is 48.5 Å². The van der Waals surface area contributed by atoms with Crippen LogP contribution in [0.15, 0.2) is 83.4 Å². The van der Waals surface area contributed by atoms with Crippen LogP contribution < -0.4 is 10.1 Å². The van der Waals surface area contributed by atoms with Crippen LogP contribution in [0.2, 0.25) is 0 Å². The maximum atomic E-state index is 12.5. The number of amides is 1. The molecule has 138 valence electrons. The fraction of sp³-hybridized carbons (Fsp3) is 0.0455. The molecule has 28 heavy (non-hydrogen) atoms. The number of aryl methyl sites for hydroxylation is 1. The van der Waals surface area contributed by atoms with Gasteiger partial charge in [-0.15, -0.1) is 0 Å². The zero-order chi connectivity index (χ0) is 19.3. The molecule has 0 saturated carbocycles. The molecule has 0 atom stereocenters. The van der Waals surface area contributed by atoms with Crippen molar-refractivity contribution >= 4 is 11.6 Å². The Morgan fingerprint density at radius 2 is 1.68 bits per heavy atom. The minimum Gasteiger partial charge on any atom is -0.457 e. The molecule has 0 aliphatic carbocycles. The predicted octanol–water partition coefficient (Wildman–Crippen LogP) is 5.09. The van der Waals surface area contributed by atoms with E-state index in [-0.39, 0.29) is 5.91 Å². The minimum atomic E-state index is -0.217. The monoisotopic (exact) mass is 371 g/mol. The first kappa shape index (κ1) is 17.5. The smallest absolute Gasteiger partial charge is 0.257 e. The number of rotatable bonds is 5. The minimum absolute atomic E-state index is 0.217. The maximum Gasteiger partial charge on any atom is 0.257 e. The number of nitrogens with one attached hydrogen (secondary N) is 1. The molecule has 1 amide bonds. The van der Waals surface area contributed by atoms with Gasteiger partial charge in [0.2, 0.25) is 0 Å². The van der Waals surface area contributed by atoms with E-state index in [1.165, 1.54) is 0 Å². The summed E-state index contributed by atoms with van der Waals surface area (Å²) in [6.07, 6.45) is 0. The second-order valence-corrected chi connectivity index (χ2v) is 6.12. The third-order valence-corrected chi connectivity index (χ3v) is 3.99. The molecule has 6 nitrogen and oxygen atoms in total. The van der Waals surface area contributed by atoms with Crippen molar-refractivity contribution in [2.45, 2.75) is 6.92 Å². The molecule has 0 saturated heterocycles. The Hall–Kier alpha value is -3.93. The van der Waals surface area contributed by atoms with E-state index in [0.717, 1.165) is 11.3 Å². The van der Waals surface area contributed by atoms with Gasteiger partial charge >= 0.3 is 0 Å². The van der Waals surface area contributed by atoms with Gasteiger partial charge in [-0.25, -0.2) is 0 Å². The Balaban J connectivity index is 1.45. The average molecular weight is 371 g/mol. The second kappa shape index (κ2) is 7.75. The summed E-state index contributed by atoms with van der Waals surface area (Å²) in [5.74, 6) is 2.15. The van der Waals surface area contributed by atoms with Crippen molar-refractivity contribution in [2.24, 2.45) is 0 Å². The van der Waals surface area contributed by atoms with Gasteiger partial charge in [-0.2, -0.15) is 4.98 Å². The molecule has 0 radical (unpaired) electrons. The van der Waals surface area contributed by atoms with Crippen molar-refractivity contribution in [3.63, 3.8) is 0 Å². The largest absolute Gasteiger partial charge is 0.457 e. The van der Waals surface area contributed by atoms with Gasteiger partial charge in [-0.3, -0.25) is 4.79 Å². The van der Waals surface area contributed by atoms with Gasteiger partial charge in [0.15, 0.2) is 5.82 Å². The summed E-state index contributed by atoms with van der Waals surface area (Å²) in [7, 11) is 0. The van der Waals surface area contributed by atoms with Gasteiger partial charge < -0.3 is 14.6 Å². The second-order valence-electron chi connectivity index (χ2n) is 6.12. The van der Waals surface area contributed by atoms with E-state index in [1.54, 1.807) is 37.3 Å². The van der Waals surface area contributed by atoms with Gasteiger partial charge in [-0.05, 0) is 55.5 Å². The van der Waals surface area contributed by atoms with E-state index < -0.39 is 0 Å². The standard InChI is InChI=1S/C22H17N3O3/c1-15-23-22(28-25-15)17-12-10-16(11-13-17)21(26)24-18-6-5-9-20(14-18)27-19-7-3-2-4-8-19/h2-14H,1H3,(H,24,26). The lowest BCUT2D eigenvalue weighted by atomic mass is 10.1. The molecule has 0 unspecified atom stereocenters. The van der Waals surface area contributed by atoms with Gasteiger partial charge in [0.05, 0.1) is 0 Å². The molecule has 3 aromatic carbocycles. The number of carbonyl (C=O) groups excluding carboxylic acids is 1. The highest BCUT2D eigenvalue weighted by Crippen LogP contribution is 2.24. The molecular formula is C22H17N3O3. The Labute approximate surface area is 161 Å². The number of carbonyl (C=O) groups is 1. The third kappa shape index (κ3) is 4.07. The van der Waals surface area contributed by atoms with Crippen LogP contribution in [0.5, 0.6) is 11.5 Å². The van der Waals surface area contributed by atoms with E-state index in [2.05, 4.69) is 15.5 Å². The molecule has 6 heteroatoms. The van der Waals surface area contributed by atoms with Crippen molar-refractivity contribution in [3.8, 4) is 23.0 Å². The number of para-hydroxylation sites is 1. The van der Waals surface area contributed by atoms with Crippen LogP contribution in [0.3, 0.4) is 0 Å². The zero-order valence-electron chi connectivity index (χ0n) is 15.1. The highest BCUT2D eigenvalue weighted by molar-refractivity contribution is 6.04. The summed E-state index contributed by atoms with van der Waals surface area (Å²) in [6.45, 7) is 1.75. The first-order chi connectivity index (χ1) is 13.7. The van der Waals surface area contributed by atoms with Crippen molar-refractivity contribution in [3.05, 3.63) is 90.3 Å². The van der Waals surface area contributed by atoms with Crippen LogP contribution in [0, 0.1) is 6.92 Å². The van der Waals surface area contributed by atoms with Crippen LogP contribution in [0.1, 0.15) is 16.2 Å². The molecule has 1 heterocycles. The lowest BCUT2D eigenvalue weighted by molar-refractivity contribution is 0.102. The van der Waals surface area contributed by atoms with Crippen molar-refractivity contribution in [1.29, 1.82) is 0 Å². The van der Waals surface area contributed by atoms with Gasteiger partial charge in [0.25, 0.3) is 11.8 Å². The van der Waals surface area contributed by atoms with Gasteiger partial charge in [0.1, 0.15) is 11.5 Å². The quantitative estimate of drug-likeness (QED) is 0.529. The van der Waals surface area contributed by atoms with Crippen LogP contribution >= 0.6 is 0 Å². The Bertz CT molecular complexity index is 1090. The average Bonchev–Trinajstić information content (AvgIpc) is 3.15. The number of nitrogens with zero attached hydrogens (tertiary/aromatic N) is 2. The first-order valence-electron chi connectivity index (χ1n) is 8.72. The molecule has 4 aromatic rings. The third-order valence-electron chi connectivity index (χ3n) is 3.99. The summed E-state index contributed by atoms with van der Waals surface area (Å²) in [6, 6.07) is 23.7. The molecule has 0 aliphatic rings. The molecule has 4 rings (SSSR count). The number of benzene rings is 3. The molecule has 0 fully saturated rings. The van der Waals surface area contributed by atoms with Crippen LogP contribution in [0.4, 0.5) is 5.69 Å². The first-order valence-corrected chi connectivity index (χ1v) is 8.72. The SMILES string of the molecule is Cc1noc(-c2ccc(C(=O)Nc3cccc(Oc4ccccc4)c3)cc2)n1. The fourth-order valence-electron chi connectivity index (χ4n) is 2.64. The molecule has 1 aromatic heterocycles. The summed E-state index contributed by atoms with van der Waals surface area (Å²) in [5.41, 5.74) is 1.93. The summed E-state index contributed by atoms with van der Waals surface area (Å²) >= 11 is 0. The van der Waals surface area contributed by atoms with Gasteiger partial charge in [-0.1, -0.05) is 29.4 Å². The van der Waals surface area contributed by atoms with E-state index in [0.29, 0.717) is 28.7 Å². The van der Waals surface area contributed by atoms with Crippen molar-refractivity contribution in [2.75, 3.05) is 5.32 Å². The summed E-state index contributed by atoms with van der Waals surface area (Å²) in [5, 5.41) is 6.64. The summed E-state index contributed by atoms with van der Waals surface area (Å²) in [4.78, 5) is 16.7. The van der Waals surface area contributed by atoms with Crippen molar-refractivity contribution < 1.29 is 14.1 Å². The molecule has 0 bridgehead atoms. The van der Waals surface area contributed by atoms with E-state index >= 15 is 0 Å². The number of anilines is 1. The highest BCUT2D eigenvalue weighted by Gasteiger charge is 2.10. The number of hydrogen-bond donors (Lipinski definition) is 1. The molecule has 0 aliphatic heterocycles. The van der Waals surface area contributed by atoms with Crippen LogP contribution in [0.25, 0.3) is 11.5 Å². The molecule has 0 spiro atoms. The number of aromatic nitrogens is 2. The molecule has 1 N–H and O–H groups in total. The van der Waals surface area contributed by atoms with E-state index in [4.69, 9.17) is 9.26 Å². The van der Waals surface area contributed by atoms with Crippen LogP contribution in [-0.4, -0.2) is 16.0 Å². The lowest BCUT2D eigenvalue weighted by Crippen LogP contribution is -2.11. The lowest BCUT2D eigenvalue weighted by Gasteiger charge is -2.09. The fourth-order valence-corrected chi connectivity index (χ4v) is 2.64. The summed E-state index contributed by atoms with van der Waals surface area (Å²) < 4.78 is 10.9. The topological polar surface area (TPSA) is 77.2 Å².